The van der Waals surface area contributed by atoms with E-state index in [2.05, 4.69) is 27.8 Å². The zero-order valence-corrected chi connectivity index (χ0v) is 11.0. The first-order chi connectivity index (χ1) is 8.08. The molecule has 0 bridgehead atoms. The molecule has 0 amide bonds. The molecule has 3 nitrogen and oxygen atoms in total. The number of fused-ring (bicyclic) bond motifs is 1. The van der Waals surface area contributed by atoms with Gasteiger partial charge in [-0.2, -0.15) is 0 Å². The highest BCUT2D eigenvalue weighted by Gasteiger charge is 2.31. The van der Waals surface area contributed by atoms with Gasteiger partial charge in [0, 0.05) is 12.1 Å². The zero-order valence-electron chi connectivity index (χ0n) is 9.45. The van der Waals surface area contributed by atoms with Crippen molar-refractivity contribution in [2.75, 3.05) is 5.73 Å². The Hall–Kier alpha value is -1.10. The average molecular weight is 298 g/mol. The van der Waals surface area contributed by atoms with Crippen LogP contribution < -0.4 is 5.73 Å². The Morgan fingerprint density at radius 1 is 1.53 bits per heavy atom. The van der Waals surface area contributed by atoms with Crippen molar-refractivity contribution in [2.45, 2.75) is 25.8 Å². The number of benzene rings is 1. The number of nitrogens with zero attached hydrogens (tertiary/aromatic N) is 2. The summed E-state index contributed by atoms with van der Waals surface area (Å²) in [5, 5.41) is 0. The van der Waals surface area contributed by atoms with Gasteiger partial charge in [0.15, 0.2) is 0 Å². The molecule has 0 radical (unpaired) electrons. The van der Waals surface area contributed by atoms with Gasteiger partial charge in [0.1, 0.15) is 5.82 Å². The van der Waals surface area contributed by atoms with Crippen molar-refractivity contribution in [2.24, 2.45) is 5.92 Å². The summed E-state index contributed by atoms with van der Waals surface area (Å²) in [6.45, 7) is 2.12. The van der Waals surface area contributed by atoms with Crippen LogP contribution in [0.15, 0.2) is 16.6 Å². The minimum atomic E-state index is -0.276. The maximum atomic E-state index is 13.6. The number of anilines is 1. The van der Waals surface area contributed by atoms with E-state index in [-0.39, 0.29) is 5.82 Å². The van der Waals surface area contributed by atoms with Crippen molar-refractivity contribution in [3.05, 3.63) is 22.4 Å². The second-order valence-electron chi connectivity index (χ2n) is 4.67. The molecule has 1 aliphatic rings. The summed E-state index contributed by atoms with van der Waals surface area (Å²) in [6, 6.07) is 3.47. The maximum Gasteiger partial charge on any atom is 0.201 e. The number of aromatic nitrogens is 2. The van der Waals surface area contributed by atoms with Crippen LogP contribution in [0.25, 0.3) is 11.0 Å². The van der Waals surface area contributed by atoms with E-state index in [1.54, 1.807) is 6.07 Å². The van der Waals surface area contributed by atoms with Crippen LogP contribution in [-0.4, -0.2) is 9.55 Å². The molecule has 0 aliphatic heterocycles. The summed E-state index contributed by atoms with van der Waals surface area (Å²) in [5.74, 6) is 0.847. The van der Waals surface area contributed by atoms with Gasteiger partial charge >= 0.3 is 0 Å². The van der Waals surface area contributed by atoms with Crippen molar-refractivity contribution in [1.82, 2.24) is 9.55 Å². The summed E-state index contributed by atoms with van der Waals surface area (Å²) in [4.78, 5) is 4.29. The Kier molecular flexibility index (Phi) is 2.40. The highest BCUT2D eigenvalue weighted by Crippen LogP contribution is 2.42. The van der Waals surface area contributed by atoms with Gasteiger partial charge in [0.05, 0.1) is 15.5 Å². The van der Waals surface area contributed by atoms with Crippen LogP contribution in [-0.2, 0) is 0 Å². The molecule has 2 N–H and O–H groups in total. The summed E-state index contributed by atoms with van der Waals surface area (Å²) < 4.78 is 16.0. The molecular weight excluding hydrogens is 285 g/mol. The zero-order chi connectivity index (χ0) is 12.2. The summed E-state index contributed by atoms with van der Waals surface area (Å²) in [6.07, 6.45) is 2.44. The lowest BCUT2D eigenvalue weighted by atomic mass is 10.2. The van der Waals surface area contributed by atoms with Gasteiger partial charge in [-0.1, -0.05) is 0 Å². The Morgan fingerprint density at radius 2 is 2.24 bits per heavy atom. The number of rotatable bonds is 2. The molecule has 3 rings (SSSR count). The summed E-state index contributed by atoms with van der Waals surface area (Å²) >= 11 is 3.16. The van der Waals surface area contributed by atoms with Gasteiger partial charge in [0.25, 0.3) is 0 Å². The van der Waals surface area contributed by atoms with Gasteiger partial charge in [-0.25, -0.2) is 9.37 Å². The SMILES string of the molecule is CC(C1CC1)n1c(N)nc2cc(Br)c(F)cc21. The van der Waals surface area contributed by atoms with Gasteiger partial charge in [0.2, 0.25) is 5.95 Å². The molecule has 1 aromatic heterocycles. The third kappa shape index (κ3) is 1.73. The van der Waals surface area contributed by atoms with E-state index in [4.69, 9.17) is 5.73 Å². The molecule has 5 heteroatoms. The normalized spacial score (nSPS) is 17.6. The molecule has 1 unspecified atom stereocenters. The monoisotopic (exact) mass is 297 g/mol. The van der Waals surface area contributed by atoms with E-state index in [1.807, 2.05) is 4.57 Å². The second kappa shape index (κ2) is 3.70. The predicted octanol–water partition coefficient (Wildman–Crippen LogP) is 3.49. The van der Waals surface area contributed by atoms with E-state index in [0.29, 0.717) is 22.4 Å². The van der Waals surface area contributed by atoms with Gasteiger partial charge in [-0.15, -0.1) is 0 Å². The van der Waals surface area contributed by atoms with Crippen LogP contribution in [0.3, 0.4) is 0 Å². The molecule has 0 saturated heterocycles. The fourth-order valence-electron chi connectivity index (χ4n) is 2.33. The molecule has 0 spiro atoms. The quantitative estimate of drug-likeness (QED) is 0.922. The van der Waals surface area contributed by atoms with Crippen molar-refractivity contribution < 1.29 is 4.39 Å². The minimum Gasteiger partial charge on any atom is -0.369 e. The number of imidazole rings is 1. The first-order valence-electron chi connectivity index (χ1n) is 5.70. The lowest BCUT2D eigenvalue weighted by molar-refractivity contribution is 0.503. The largest absolute Gasteiger partial charge is 0.369 e. The number of nitrogen functional groups attached to an aromatic ring is 1. The van der Waals surface area contributed by atoms with Crippen LogP contribution >= 0.6 is 15.9 Å². The molecular formula is C12H13BrFN3. The molecule has 90 valence electrons. The van der Waals surface area contributed by atoms with E-state index < -0.39 is 0 Å². The number of hydrogen-bond donors (Lipinski definition) is 1. The van der Waals surface area contributed by atoms with Crippen molar-refractivity contribution in [3.63, 3.8) is 0 Å². The van der Waals surface area contributed by atoms with Gasteiger partial charge < -0.3 is 10.3 Å². The number of nitrogens with two attached hydrogens (primary N) is 1. The number of hydrogen-bond acceptors (Lipinski definition) is 2. The Labute approximate surface area is 107 Å². The lowest BCUT2D eigenvalue weighted by Crippen LogP contribution is -2.10. The predicted molar refractivity (Wildman–Crippen MR) is 69.2 cm³/mol. The fourth-order valence-corrected chi connectivity index (χ4v) is 2.66. The first kappa shape index (κ1) is 11.0. The third-order valence-electron chi connectivity index (χ3n) is 3.47. The van der Waals surface area contributed by atoms with Gasteiger partial charge in [-0.3, -0.25) is 0 Å². The highest BCUT2D eigenvalue weighted by atomic mass is 79.9. The highest BCUT2D eigenvalue weighted by molar-refractivity contribution is 9.10. The van der Waals surface area contributed by atoms with Crippen molar-refractivity contribution in [3.8, 4) is 0 Å². The van der Waals surface area contributed by atoms with E-state index in [1.165, 1.54) is 18.9 Å². The van der Waals surface area contributed by atoms with E-state index in [0.717, 1.165) is 11.0 Å². The first-order valence-corrected chi connectivity index (χ1v) is 6.49. The van der Waals surface area contributed by atoms with Crippen LogP contribution in [0.5, 0.6) is 0 Å². The van der Waals surface area contributed by atoms with Crippen LogP contribution in [0.1, 0.15) is 25.8 Å². The van der Waals surface area contributed by atoms with Crippen LogP contribution in [0.2, 0.25) is 0 Å². The second-order valence-corrected chi connectivity index (χ2v) is 5.53. The third-order valence-corrected chi connectivity index (χ3v) is 4.08. The molecule has 1 saturated carbocycles. The minimum absolute atomic E-state index is 0.276. The topological polar surface area (TPSA) is 43.8 Å². The lowest BCUT2D eigenvalue weighted by Gasteiger charge is -2.15. The number of halogens is 2. The van der Waals surface area contributed by atoms with Crippen LogP contribution in [0, 0.1) is 11.7 Å². The molecule has 17 heavy (non-hydrogen) atoms. The Balaban J connectivity index is 2.22. The Morgan fingerprint density at radius 3 is 2.88 bits per heavy atom. The van der Waals surface area contributed by atoms with Crippen molar-refractivity contribution in [1.29, 1.82) is 0 Å². The summed E-state index contributed by atoms with van der Waals surface area (Å²) in [7, 11) is 0. The molecule has 1 fully saturated rings. The average Bonchev–Trinajstić information content (AvgIpc) is 3.04. The van der Waals surface area contributed by atoms with Gasteiger partial charge in [-0.05, 0) is 47.7 Å². The fraction of sp³-hybridized carbons (Fsp3) is 0.417. The van der Waals surface area contributed by atoms with Crippen LogP contribution in [0.4, 0.5) is 10.3 Å². The molecule has 1 aliphatic carbocycles. The Bertz CT molecular complexity index is 589. The molecule has 1 aromatic carbocycles. The maximum absolute atomic E-state index is 13.6. The smallest absolute Gasteiger partial charge is 0.201 e. The molecule has 1 heterocycles. The van der Waals surface area contributed by atoms with E-state index in [9.17, 15) is 4.39 Å². The summed E-state index contributed by atoms with van der Waals surface area (Å²) in [5.41, 5.74) is 7.45. The van der Waals surface area contributed by atoms with E-state index >= 15 is 0 Å². The molecule has 1 atom stereocenters. The van der Waals surface area contributed by atoms with Crippen molar-refractivity contribution >= 4 is 32.9 Å². The molecule has 2 aromatic rings. The standard InChI is InChI=1S/C12H13BrFN3/c1-6(7-2-3-7)17-11-5-9(14)8(13)4-10(11)16-12(17)15/h4-7H,2-3H2,1H3,(H2,15,16).